The largest absolute Gasteiger partial charge is 0.353 e. The molecule has 0 aliphatic carbocycles. The molecule has 1 fully saturated rings. The summed E-state index contributed by atoms with van der Waals surface area (Å²) in [6, 6.07) is 0. The van der Waals surface area contributed by atoms with Gasteiger partial charge in [-0.2, -0.15) is 5.10 Å². The van der Waals surface area contributed by atoms with Crippen molar-refractivity contribution in [1.82, 2.24) is 29.4 Å². The van der Waals surface area contributed by atoms with Gasteiger partial charge in [0.1, 0.15) is 5.82 Å². The highest BCUT2D eigenvalue weighted by molar-refractivity contribution is 5.64. The smallest absolute Gasteiger partial charge is 0.203 e. The standard InChI is InChI=1S/C14H17N7/c1-10-5-16-20(6-10)9-12-7-19(8-12)13-14-18-17-11(2)21(14)4-3-15-13/h3-6,12H,7-9H2,1-2H3. The van der Waals surface area contributed by atoms with Gasteiger partial charge >= 0.3 is 0 Å². The van der Waals surface area contributed by atoms with Gasteiger partial charge in [-0.05, 0) is 19.4 Å². The van der Waals surface area contributed by atoms with Crippen molar-refractivity contribution >= 4 is 11.5 Å². The molecule has 7 nitrogen and oxygen atoms in total. The first-order chi connectivity index (χ1) is 10.2. The number of hydrogen-bond donors (Lipinski definition) is 0. The highest BCUT2D eigenvalue weighted by Crippen LogP contribution is 2.26. The third-order valence-electron chi connectivity index (χ3n) is 3.94. The SMILES string of the molecule is Cc1cnn(CC2CN(c3nccn4c(C)nnc34)C2)c1. The van der Waals surface area contributed by atoms with Crippen molar-refractivity contribution in [3.8, 4) is 0 Å². The summed E-state index contributed by atoms with van der Waals surface area (Å²) in [4.78, 5) is 6.72. The molecule has 0 unspecified atom stereocenters. The van der Waals surface area contributed by atoms with Crippen molar-refractivity contribution in [2.24, 2.45) is 5.92 Å². The van der Waals surface area contributed by atoms with Crippen molar-refractivity contribution in [2.45, 2.75) is 20.4 Å². The fraction of sp³-hybridized carbons (Fsp3) is 0.429. The van der Waals surface area contributed by atoms with Crippen LogP contribution in [0.4, 0.5) is 5.82 Å². The molecule has 4 heterocycles. The second-order valence-corrected chi connectivity index (χ2v) is 5.70. The Hall–Kier alpha value is -2.44. The number of fused-ring (bicyclic) bond motifs is 1. The average molecular weight is 283 g/mol. The van der Waals surface area contributed by atoms with Crippen molar-refractivity contribution in [1.29, 1.82) is 0 Å². The highest BCUT2D eigenvalue weighted by atomic mass is 15.3. The maximum Gasteiger partial charge on any atom is 0.203 e. The molecular weight excluding hydrogens is 266 g/mol. The van der Waals surface area contributed by atoms with Gasteiger partial charge in [0.15, 0.2) is 5.82 Å². The minimum Gasteiger partial charge on any atom is -0.353 e. The van der Waals surface area contributed by atoms with E-state index in [0.29, 0.717) is 5.92 Å². The van der Waals surface area contributed by atoms with E-state index in [1.54, 1.807) is 0 Å². The summed E-state index contributed by atoms with van der Waals surface area (Å²) in [7, 11) is 0. The van der Waals surface area contributed by atoms with Crippen LogP contribution in [0.1, 0.15) is 11.4 Å². The van der Waals surface area contributed by atoms with Crippen LogP contribution in [-0.2, 0) is 6.54 Å². The summed E-state index contributed by atoms with van der Waals surface area (Å²) in [5.41, 5.74) is 2.04. The van der Waals surface area contributed by atoms with E-state index in [1.165, 1.54) is 5.56 Å². The molecule has 0 N–H and O–H groups in total. The van der Waals surface area contributed by atoms with Crippen molar-refractivity contribution in [3.05, 3.63) is 36.2 Å². The lowest BCUT2D eigenvalue weighted by molar-refractivity contribution is 0.340. The molecule has 0 bridgehead atoms. The zero-order valence-corrected chi connectivity index (χ0v) is 12.1. The van der Waals surface area contributed by atoms with Gasteiger partial charge in [0.2, 0.25) is 5.65 Å². The quantitative estimate of drug-likeness (QED) is 0.719. The molecule has 21 heavy (non-hydrogen) atoms. The van der Waals surface area contributed by atoms with Gasteiger partial charge in [-0.1, -0.05) is 0 Å². The Labute approximate surface area is 122 Å². The van der Waals surface area contributed by atoms with E-state index in [-0.39, 0.29) is 0 Å². The van der Waals surface area contributed by atoms with Crippen LogP contribution in [0.5, 0.6) is 0 Å². The minimum absolute atomic E-state index is 0.607. The predicted octanol–water partition coefficient (Wildman–Crippen LogP) is 1.07. The van der Waals surface area contributed by atoms with Crippen molar-refractivity contribution in [3.63, 3.8) is 0 Å². The molecule has 0 atom stereocenters. The van der Waals surface area contributed by atoms with Crippen LogP contribution < -0.4 is 4.90 Å². The van der Waals surface area contributed by atoms with Crippen LogP contribution in [-0.4, -0.2) is 42.5 Å². The fourth-order valence-corrected chi connectivity index (χ4v) is 2.84. The second-order valence-electron chi connectivity index (χ2n) is 5.70. The number of rotatable bonds is 3. The lowest BCUT2D eigenvalue weighted by Gasteiger charge is -2.39. The second kappa shape index (κ2) is 4.54. The Bertz CT molecular complexity index is 782. The molecule has 3 aromatic heterocycles. The molecule has 4 rings (SSSR count). The van der Waals surface area contributed by atoms with Gasteiger partial charge in [0, 0.05) is 44.1 Å². The van der Waals surface area contributed by atoms with Crippen molar-refractivity contribution < 1.29 is 0 Å². The zero-order valence-electron chi connectivity index (χ0n) is 12.1. The van der Waals surface area contributed by atoms with E-state index in [1.807, 2.05) is 34.6 Å². The van der Waals surface area contributed by atoms with Gasteiger partial charge in [-0.25, -0.2) is 4.98 Å². The molecule has 3 aromatic rings. The number of aromatic nitrogens is 6. The maximum absolute atomic E-state index is 4.47. The lowest BCUT2D eigenvalue weighted by Crippen LogP contribution is -2.49. The molecule has 0 aromatic carbocycles. The third kappa shape index (κ3) is 2.05. The Morgan fingerprint density at radius 3 is 2.86 bits per heavy atom. The number of aryl methyl sites for hydroxylation is 2. The van der Waals surface area contributed by atoms with Crippen LogP contribution in [0.15, 0.2) is 24.8 Å². The molecule has 0 radical (unpaired) electrons. The van der Waals surface area contributed by atoms with Gasteiger partial charge < -0.3 is 4.90 Å². The van der Waals surface area contributed by atoms with Gasteiger partial charge in [0.25, 0.3) is 0 Å². The van der Waals surface area contributed by atoms with E-state index in [2.05, 4.69) is 38.3 Å². The summed E-state index contributed by atoms with van der Waals surface area (Å²) >= 11 is 0. The van der Waals surface area contributed by atoms with Gasteiger partial charge in [-0.3, -0.25) is 9.08 Å². The van der Waals surface area contributed by atoms with Crippen LogP contribution >= 0.6 is 0 Å². The van der Waals surface area contributed by atoms with E-state index in [9.17, 15) is 0 Å². The van der Waals surface area contributed by atoms with Crippen LogP contribution in [0.3, 0.4) is 0 Å². The molecule has 1 aliphatic heterocycles. The average Bonchev–Trinajstić information content (AvgIpc) is 3.01. The van der Waals surface area contributed by atoms with Crippen LogP contribution in [0.25, 0.3) is 5.65 Å². The first kappa shape index (κ1) is 12.3. The van der Waals surface area contributed by atoms with Gasteiger partial charge in [-0.15, -0.1) is 10.2 Å². The monoisotopic (exact) mass is 283 g/mol. The zero-order chi connectivity index (χ0) is 14.4. The summed E-state index contributed by atoms with van der Waals surface area (Å²) < 4.78 is 4.00. The summed E-state index contributed by atoms with van der Waals surface area (Å²) in [6.45, 7) is 6.94. The minimum atomic E-state index is 0.607. The maximum atomic E-state index is 4.47. The molecule has 0 amide bonds. The molecule has 1 aliphatic rings. The number of hydrogen-bond acceptors (Lipinski definition) is 5. The molecule has 0 spiro atoms. The summed E-state index contributed by atoms with van der Waals surface area (Å²) in [6.07, 6.45) is 7.70. The molecule has 108 valence electrons. The Balaban J connectivity index is 1.49. The van der Waals surface area contributed by atoms with E-state index in [4.69, 9.17) is 0 Å². The van der Waals surface area contributed by atoms with Crippen molar-refractivity contribution in [2.75, 3.05) is 18.0 Å². The molecular formula is C14H17N7. The Morgan fingerprint density at radius 2 is 2.10 bits per heavy atom. The third-order valence-corrected chi connectivity index (χ3v) is 3.94. The number of anilines is 1. The summed E-state index contributed by atoms with van der Waals surface area (Å²) in [5.74, 6) is 2.42. The summed E-state index contributed by atoms with van der Waals surface area (Å²) in [5, 5.41) is 12.7. The first-order valence-corrected chi connectivity index (χ1v) is 7.11. The molecule has 1 saturated heterocycles. The fourth-order valence-electron chi connectivity index (χ4n) is 2.84. The Morgan fingerprint density at radius 1 is 1.24 bits per heavy atom. The van der Waals surface area contributed by atoms with Gasteiger partial charge in [0.05, 0.1) is 6.20 Å². The number of nitrogens with zero attached hydrogens (tertiary/aromatic N) is 7. The van der Waals surface area contributed by atoms with E-state index < -0.39 is 0 Å². The molecule has 0 saturated carbocycles. The van der Waals surface area contributed by atoms with Crippen LogP contribution in [0.2, 0.25) is 0 Å². The Kier molecular flexibility index (Phi) is 2.66. The van der Waals surface area contributed by atoms with Crippen LogP contribution in [0, 0.1) is 19.8 Å². The first-order valence-electron chi connectivity index (χ1n) is 7.11. The normalized spacial score (nSPS) is 15.6. The van der Waals surface area contributed by atoms with E-state index >= 15 is 0 Å². The predicted molar refractivity (Wildman–Crippen MR) is 78.2 cm³/mol. The van der Waals surface area contributed by atoms with E-state index in [0.717, 1.165) is 36.9 Å². The molecule has 7 heteroatoms. The lowest BCUT2D eigenvalue weighted by atomic mass is 10.0. The highest BCUT2D eigenvalue weighted by Gasteiger charge is 2.30. The topological polar surface area (TPSA) is 64.1 Å².